The van der Waals surface area contributed by atoms with Crippen LogP contribution in [-0.4, -0.2) is 34.5 Å². The van der Waals surface area contributed by atoms with Gasteiger partial charge in [0.15, 0.2) is 1.41 Å². The topological polar surface area (TPSA) is 95.6 Å². The lowest BCUT2D eigenvalue weighted by Crippen LogP contribution is -2.52. The van der Waals surface area contributed by atoms with Crippen molar-refractivity contribution in [1.82, 2.24) is 15.5 Å². The van der Waals surface area contributed by atoms with Crippen LogP contribution in [0, 0.1) is 0 Å². The van der Waals surface area contributed by atoms with E-state index in [0.29, 0.717) is 4.90 Å². The summed E-state index contributed by atoms with van der Waals surface area (Å²) in [5.74, 6) is -9.41. The van der Waals surface area contributed by atoms with Crippen LogP contribution in [0.2, 0.25) is 6.43 Å². The normalized spacial score (nSPS) is 26.8. The number of imide groups is 1. The Hall–Kier alpha value is -3.33. The van der Waals surface area contributed by atoms with Gasteiger partial charge >= 0.3 is 5.92 Å². The van der Waals surface area contributed by atoms with Crippen molar-refractivity contribution >= 4 is 35.2 Å². The number of amides is 4. The van der Waals surface area contributed by atoms with Crippen molar-refractivity contribution in [2.45, 2.75) is 37.8 Å². The second-order valence-corrected chi connectivity index (χ2v) is 7.48. The summed E-state index contributed by atoms with van der Waals surface area (Å²) in [4.78, 5) is 50.2. The largest absolute Gasteiger partial charge is 0.349 e. The Labute approximate surface area is 193 Å². The molecule has 0 aliphatic carbocycles. The molecule has 2 aromatic carbocycles. The van der Waals surface area contributed by atoms with Gasteiger partial charge in [-0.05, 0) is 35.7 Å². The first-order valence-corrected chi connectivity index (χ1v) is 9.66. The Morgan fingerprint density at radius 3 is 2.72 bits per heavy atom. The molecule has 0 saturated carbocycles. The van der Waals surface area contributed by atoms with E-state index in [1.54, 1.807) is 5.32 Å². The Kier molecular flexibility index (Phi) is 4.24. The van der Waals surface area contributed by atoms with Crippen molar-refractivity contribution in [2.24, 2.45) is 0 Å². The van der Waals surface area contributed by atoms with Gasteiger partial charge in [0, 0.05) is 39.7 Å². The Balaban J connectivity index is 1.55. The smallest absolute Gasteiger partial charge is 0.346 e. The van der Waals surface area contributed by atoms with Crippen LogP contribution in [-0.2, 0) is 33.4 Å². The lowest BCUT2D eigenvalue weighted by Gasteiger charge is -2.29. The zero-order chi connectivity index (χ0) is 27.5. The number of carbonyl (C=O) groups is 4. The number of nitrogens with zero attached hydrogens (tertiary/aromatic N) is 1. The molecule has 4 rings (SSSR count). The molecule has 2 heterocycles. The van der Waals surface area contributed by atoms with Crippen LogP contribution >= 0.6 is 11.6 Å². The van der Waals surface area contributed by atoms with E-state index in [4.69, 9.17) is 18.5 Å². The molecule has 32 heavy (non-hydrogen) atoms. The third kappa shape index (κ3) is 4.08. The number of piperidine rings is 1. The zero-order valence-corrected chi connectivity index (χ0v) is 17.0. The number of rotatable bonds is 5. The van der Waals surface area contributed by atoms with Crippen molar-refractivity contribution in [3.8, 4) is 0 Å². The molecule has 0 bridgehead atoms. The molecule has 10 heteroatoms. The molecule has 4 amide bonds. The van der Waals surface area contributed by atoms with E-state index < -0.39 is 67.0 Å². The van der Waals surface area contributed by atoms with E-state index in [1.165, 1.54) is 30.3 Å². The van der Waals surface area contributed by atoms with Crippen LogP contribution in [0.25, 0.3) is 0 Å². The molecule has 2 aliphatic heterocycles. The van der Waals surface area contributed by atoms with E-state index in [0.717, 1.165) is 12.1 Å². The number of fused-ring (bicyclic) bond motifs is 1. The third-order valence-electron chi connectivity index (χ3n) is 4.94. The fourth-order valence-corrected chi connectivity index (χ4v) is 3.44. The van der Waals surface area contributed by atoms with Gasteiger partial charge < -0.3 is 10.2 Å². The maximum atomic E-state index is 14.6. The second kappa shape index (κ2) is 8.31. The molecule has 0 aromatic heterocycles. The van der Waals surface area contributed by atoms with Crippen LogP contribution < -0.4 is 10.6 Å². The van der Waals surface area contributed by atoms with E-state index in [2.05, 4.69) is 0 Å². The molecule has 7 nitrogen and oxygen atoms in total. The van der Waals surface area contributed by atoms with Gasteiger partial charge in [-0.1, -0.05) is 35.9 Å². The van der Waals surface area contributed by atoms with Crippen molar-refractivity contribution in [1.29, 1.82) is 0 Å². The summed E-state index contributed by atoms with van der Waals surface area (Å²) in [6.07, 6.45) is -5.19. The molecule has 2 atom stereocenters. The van der Waals surface area contributed by atoms with Crippen molar-refractivity contribution in [3.05, 3.63) is 69.7 Å². The average Bonchev–Trinajstić information content (AvgIpc) is 3.17. The third-order valence-corrected chi connectivity index (χ3v) is 5.20. The number of alkyl halides is 2. The minimum absolute atomic E-state index is 0.00203. The van der Waals surface area contributed by atoms with E-state index in [1.807, 2.05) is 0 Å². The number of hydrogen-bond acceptors (Lipinski definition) is 4. The first kappa shape index (κ1) is 16.3. The predicted octanol–water partition coefficient (Wildman–Crippen LogP) is 2.51. The van der Waals surface area contributed by atoms with Crippen molar-refractivity contribution in [2.75, 3.05) is 0 Å². The number of benzene rings is 2. The molecule has 0 radical (unpaired) electrons. The highest BCUT2D eigenvalue weighted by atomic mass is 35.5. The monoisotopic (exact) mass is 466 g/mol. The summed E-state index contributed by atoms with van der Waals surface area (Å²) in [6, 6.07) is 5.42. The summed E-state index contributed by atoms with van der Waals surface area (Å²) in [7, 11) is 0. The Bertz CT molecular complexity index is 1330. The quantitative estimate of drug-likeness (QED) is 0.662. The summed E-state index contributed by atoms with van der Waals surface area (Å²) in [5.41, 5.74) is -0.257. The highest BCUT2D eigenvalue weighted by molar-refractivity contribution is 6.30. The fraction of sp³-hybridized carbons (Fsp3) is 0.273. The summed E-state index contributed by atoms with van der Waals surface area (Å²) in [5, 5.41) is 1.95. The molecule has 2 aromatic rings. The van der Waals surface area contributed by atoms with Gasteiger partial charge in [-0.15, -0.1) is 0 Å². The Morgan fingerprint density at radius 1 is 1.28 bits per heavy atom. The molecule has 2 N–H and O–H groups in total. The van der Waals surface area contributed by atoms with Crippen LogP contribution in [0.4, 0.5) is 8.78 Å². The minimum atomic E-state index is -4.01. The molecule has 166 valence electrons. The molecular formula is C22H18ClF2N3O4. The van der Waals surface area contributed by atoms with Crippen molar-refractivity contribution < 1.29 is 34.9 Å². The highest BCUT2D eigenvalue weighted by Gasteiger charge is 2.41. The second-order valence-electron chi connectivity index (χ2n) is 7.04. The van der Waals surface area contributed by atoms with E-state index in [9.17, 15) is 28.0 Å². The Morgan fingerprint density at radius 2 is 2.00 bits per heavy atom. The SMILES string of the molecule is [2H]C1C([2H])([2H])C(=O)NC(=O)[C@@]1([2H])N1Cc2cc(CN([2H])C(=O)C(F)(F)c3ccc(Cl)cc3)ccc2C1=O. The number of halogens is 3. The predicted molar refractivity (Wildman–Crippen MR) is 110 cm³/mol. The van der Waals surface area contributed by atoms with E-state index >= 15 is 0 Å². The lowest BCUT2D eigenvalue weighted by molar-refractivity contribution is -0.147. The van der Waals surface area contributed by atoms with Crippen molar-refractivity contribution in [3.63, 3.8) is 0 Å². The van der Waals surface area contributed by atoms with Gasteiger partial charge in [0.2, 0.25) is 11.8 Å². The van der Waals surface area contributed by atoms with Crippen LogP contribution in [0.5, 0.6) is 0 Å². The maximum Gasteiger partial charge on any atom is 0.349 e. The van der Waals surface area contributed by atoms with Gasteiger partial charge in [-0.25, -0.2) is 0 Å². The molecular weight excluding hydrogens is 444 g/mol. The maximum absolute atomic E-state index is 14.6. The highest BCUT2D eigenvalue weighted by Crippen LogP contribution is 2.30. The van der Waals surface area contributed by atoms with Gasteiger partial charge in [-0.3, -0.25) is 24.5 Å². The fourth-order valence-electron chi connectivity index (χ4n) is 3.32. The van der Waals surface area contributed by atoms with Gasteiger partial charge in [0.1, 0.15) is 6.02 Å². The summed E-state index contributed by atoms with van der Waals surface area (Å²) in [6.45, 7) is -1.01. The number of hydrogen-bond donors (Lipinski definition) is 2. The van der Waals surface area contributed by atoms with Crippen LogP contribution in [0.15, 0.2) is 42.5 Å². The standard InChI is InChI=1S/C22H18ClF2N3O4/c23-15-4-2-14(3-5-15)22(24,25)21(32)26-10-12-1-6-16-13(9-12)11-28(20(16)31)17-7-8-18(29)27-19(17)30/h1-6,9,17H,7-8,10-11H2,(H,26,32)(H,27,29,30)/t17-/m0/s1/i7D,8D2,17D/hD/t7?,17-. The van der Waals surface area contributed by atoms with Gasteiger partial charge in [0.25, 0.3) is 11.8 Å². The molecule has 1 fully saturated rings. The average molecular weight is 467 g/mol. The number of nitrogens with one attached hydrogen (secondary N) is 2. The minimum Gasteiger partial charge on any atom is -0.346 e. The molecule has 1 unspecified atom stereocenters. The number of carbonyl (C=O) groups excluding carboxylic acids is 4. The molecule has 2 aliphatic rings. The first-order chi connectivity index (χ1) is 17.1. The van der Waals surface area contributed by atoms with Crippen LogP contribution in [0.3, 0.4) is 0 Å². The molecule has 1 saturated heterocycles. The first-order valence-electron chi connectivity index (χ1n) is 11.8. The zero-order valence-electron chi connectivity index (χ0n) is 21.2. The molecule has 0 spiro atoms. The van der Waals surface area contributed by atoms with E-state index in [-0.39, 0.29) is 27.0 Å². The lowest BCUT2D eigenvalue weighted by atomic mass is 10.0. The van der Waals surface area contributed by atoms with Gasteiger partial charge in [-0.2, -0.15) is 8.78 Å². The van der Waals surface area contributed by atoms with Gasteiger partial charge in [0.05, 0.1) is 1.37 Å². The summed E-state index contributed by atoms with van der Waals surface area (Å²) >= 11 is 5.69. The summed E-state index contributed by atoms with van der Waals surface area (Å²) < 4.78 is 69.3. The van der Waals surface area contributed by atoms with Crippen LogP contribution in [0.1, 0.15) is 45.3 Å².